The maximum absolute atomic E-state index is 11.3. The van der Waals surface area contributed by atoms with Crippen molar-refractivity contribution >= 4 is 11.2 Å². The summed E-state index contributed by atoms with van der Waals surface area (Å²) in [5.74, 6) is 0. The number of rotatable bonds is 0. The van der Waals surface area contributed by atoms with Gasteiger partial charge in [-0.25, -0.2) is 4.98 Å². The van der Waals surface area contributed by atoms with E-state index in [2.05, 4.69) is 9.97 Å². The van der Waals surface area contributed by atoms with Crippen molar-refractivity contribution in [2.45, 2.75) is 20.8 Å². The van der Waals surface area contributed by atoms with E-state index in [4.69, 9.17) is 0 Å². The molecule has 0 atom stereocenters. The van der Waals surface area contributed by atoms with Crippen molar-refractivity contribution in [1.82, 2.24) is 14.5 Å². The molecule has 0 aliphatic heterocycles. The molecule has 4 nitrogen and oxygen atoms in total. The van der Waals surface area contributed by atoms with Crippen LogP contribution in [0.2, 0.25) is 0 Å². The summed E-state index contributed by atoms with van der Waals surface area (Å²) >= 11 is 0. The number of hydrogen-bond acceptors (Lipinski definition) is 3. The smallest absolute Gasteiger partial charge is 0.252 e. The topological polar surface area (TPSA) is 47.8 Å². The molecule has 0 aliphatic carbocycles. The lowest BCUT2D eigenvalue weighted by atomic mass is 10.2. The van der Waals surface area contributed by atoms with Crippen molar-refractivity contribution < 1.29 is 0 Å². The lowest BCUT2D eigenvalue weighted by Crippen LogP contribution is -2.17. The van der Waals surface area contributed by atoms with Gasteiger partial charge >= 0.3 is 0 Å². The minimum absolute atomic E-state index is 0.0505. The lowest BCUT2D eigenvalue weighted by molar-refractivity contribution is 0.880. The summed E-state index contributed by atoms with van der Waals surface area (Å²) in [5, 5.41) is 0. The largest absolute Gasteiger partial charge is 0.295 e. The van der Waals surface area contributed by atoms with Crippen LogP contribution >= 0.6 is 0 Å². The third-order valence-corrected chi connectivity index (χ3v) is 2.04. The van der Waals surface area contributed by atoms with Crippen LogP contribution in [0.25, 0.3) is 11.2 Å². The first-order valence-electron chi connectivity index (χ1n) is 4.97. The molecular weight excluding hydrogens is 190 g/mol. The Labute approximate surface area is 88.6 Å². The van der Waals surface area contributed by atoms with Crippen molar-refractivity contribution in [3.05, 3.63) is 34.4 Å². The highest BCUT2D eigenvalue weighted by Crippen LogP contribution is 2.08. The van der Waals surface area contributed by atoms with Crippen LogP contribution in [0, 0.1) is 6.92 Å². The second kappa shape index (κ2) is 4.68. The predicted molar refractivity (Wildman–Crippen MR) is 60.9 cm³/mol. The van der Waals surface area contributed by atoms with Crippen molar-refractivity contribution in [2.24, 2.45) is 7.05 Å². The second-order valence-electron chi connectivity index (χ2n) is 2.95. The Bertz CT molecular complexity index is 517. The van der Waals surface area contributed by atoms with Crippen molar-refractivity contribution in [1.29, 1.82) is 0 Å². The molecule has 0 unspecified atom stereocenters. The number of nitrogens with zero attached hydrogens (tertiary/aromatic N) is 3. The maximum Gasteiger partial charge on any atom is 0.252 e. The summed E-state index contributed by atoms with van der Waals surface area (Å²) in [6, 6.07) is 1.57. The minimum Gasteiger partial charge on any atom is -0.295 e. The SMILES string of the molecule is CC.Cc1cc(=O)n(C)c2nccnc12. The molecule has 0 spiro atoms. The van der Waals surface area contributed by atoms with Crippen LogP contribution in [0.4, 0.5) is 0 Å². The van der Waals surface area contributed by atoms with Gasteiger partial charge in [0, 0.05) is 25.5 Å². The fraction of sp³-hybridized carbons (Fsp3) is 0.364. The normalized spacial score (nSPS) is 9.60. The van der Waals surface area contributed by atoms with E-state index in [0.29, 0.717) is 5.65 Å². The summed E-state index contributed by atoms with van der Waals surface area (Å²) in [6.45, 7) is 5.86. The molecule has 0 saturated carbocycles. The highest BCUT2D eigenvalue weighted by molar-refractivity contribution is 5.73. The zero-order valence-electron chi connectivity index (χ0n) is 9.48. The van der Waals surface area contributed by atoms with Gasteiger partial charge in [-0.05, 0) is 12.5 Å². The Balaban J connectivity index is 0.000000531. The number of aromatic nitrogens is 3. The van der Waals surface area contributed by atoms with E-state index < -0.39 is 0 Å². The number of aryl methyl sites for hydroxylation is 2. The maximum atomic E-state index is 11.3. The van der Waals surface area contributed by atoms with Gasteiger partial charge in [0.25, 0.3) is 5.56 Å². The molecule has 80 valence electrons. The molecule has 0 fully saturated rings. The Morgan fingerprint density at radius 3 is 2.47 bits per heavy atom. The quantitative estimate of drug-likeness (QED) is 0.657. The minimum atomic E-state index is -0.0505. The lowest BCUT2D eigenvalue weighted by Gasteiger charge is -2.03. The van der Waals surface area contributed by atoms with Crippen LogP contribution in [-0.4, -0.2) is 14.5 Å². The van der Waals surface area contributed by atoms with E-state index in [1.807, 2.05) is 20.8 Å². The molecule has 0 N–H and O–H groups in total. The van der Waals surface area contributed by atoms with Gasteiger partial charge in [-0.2, -0.15) is 0 Å². The Morgan fingerprint density at radius 2 is 1.80 bits per heavy atom. The van der Waals surface area contributed by atoms with Crippen LogP contribution in [0.1, 0.15) is 19.4 Å². The van der Waals surface area contributed by atoms with E-state index >= 15 is 0 Å². The second-order valence-corrected chi connectivity index (χ2v) is 2.95. The summed E-state index contributed by atoms with van der Waals surface area (Å²) < 4.78 is 1.50. The van der Waals surface area contributed by atoms with E-state index in [0.717, 1.165) is 11.1 Å². The summed E-state index contributed by atoms with van der Waals surface area (Å²) in [5.41, 5.74) is 2.23. The first kappa shape index (κ1) is 11.4. The molecule has 4 heteroatoms. The summed E-state index contributed by atoms with van der Waals surface area (Å²) in [4.78, 5) is 19.6. The Morgan fingerprint density at radius 1 is 1.20 bits per heavy atom. The van der Waals surface area contributed by atoms with E-state index in [1.165, 1.54) is 4.57 Å². The average molecular weight is 205 g/mol. The number of hydrogen-bond donors (Lipinski definition) is 0. The van der Waals surface area contributed by atoms with Gasteiger partial charge in [-0.3, -0.25) is 14.3 Å². The first-order chi connectivity index (χ1) is 7.20. The molecule has 0 amide bonds. The molecule has 2 heterocycles. The van der Waals surface area contributed by atoms with Gasteiger partial charge in [-0.15, -0.1) is 0 Å². The van der Waals surface area contributed by atoms with Gasteiger partial charge in [0.2, 0.25) is 0 Å². The van der Waals surface area contributed by atoms with Crippen molar-refractivity contribution in [3.8, 4) is 0 Å². The highest BCUT2D eigenvalue weighted by Gasteiger charge is 2.03. The Hall–Kier alpha value is -1.71. The molecule has 2 aromatic heterocycles. The fourth-order valence-electron chi connectivity index (χ4n) is 1.31. The van der Waals surface area contributed by atoms with Crippen LogP contribution in [0.5, 0.6) is 0 Å². The fourth-order valence-corrected chi connectivity index (χ4v) is 1.31. The van der Waals surface area contributed by atoms with E-state index in [1.54, 1.807) is 25.5 Å². The van der Waals surface area contributed by atoms with Crippen LogP contribution in [0.15, 0.2) is 23.3 Å². The zero-order valence-corrected chi connectivity index (χ0v) is 9.48. The highest BCUT2D eigenvalue weighted by atomic mass is 16.1. The third kappa shape index (κ3) is 2.03. The molecule has 0 radical (unpaired) electrons. The number of fused-ring (bicyclic) bond motifs is 1. The standard InChI is InChI=1S/C9H9N3O.C2H6/c1-6-5-7(13)12(2)9-8(6)10-3-4-11-9;1-2/h3-5H,1-2H3;1-2H3. The van der Waals surface area contributed by atoms with Crippen molar-refractivity contribution in [2.75, 3.05) is 0 Å². The van der Waals surface area contributed by atoms with Gasteiger partial charge < -0.3 is 0 Å². The molecule has 2 rings (SSSR count). The first-order valence-corrected chi connectivity index (χ1v) is 4.97. The van der Waals surface area contributed by atoms with E-state index in [9.17, 15) is 4.79 Å². The van der Waals surface area contributed by atoms with Crippen molar-refractivity contribution in [3.63, 3.8) is 0 Å². The molecule has 2 aromatic rings. The molecule has 15 heavy (non-hydrogen) atoms. The summed E-state index contributed by atoms with van der Waals surface area (Å²) in [7, 11) is 1.69. The zero-order chi connectivity index (χ0) is 11.4. The monoisotopic (exact) mass is 205 g/mol. The average Bonchev–Trinajstić information content (AvgIpc) is 2.29. The molecule has 0 aromatic carbocycles. The van der Waals surface area contributed by atoms with Crippen LogP contribution < -0.4 is 5.56 Å². The number of pyridine rings is 1. The van der Waals surface area contributed by atoms with E-state index in [-0.39, 0.29) is 5.56 Å². The molecular formula is C11H15N3O. The van der Waals surface area contributed by atoms with Gasteiger partial charge in [0.1, 0.15) is 5.52 Å². The summed E-state index contributed by atoms with van der Waals surface area (Å²) in [6.07, 6.45) is 3.21. The predicted octanol–water partition coefficient (Wildman–Crippen LogP) is 1.66. The van der Waals surface area contributed by atoms with Gasteiger partial charge in [-0.1, -0.05) is 13.8 Å². The Kier molecular flexibility index (Phi) is 3.55. The van der Waals surface area contributed by atoms with Crippen LogP contribution in [-0.2, 0) is 7.05 Å². The molecule has 0 bridgehead atoms. The molecule has 0 saturated heterocycles. The van der Waals surface area contributed by atoms with Gasteiger partial charge in [0.05, 0.1) is 0 Å². The van der Waals surface area contributed by atoms with Crippen LogP contribution in [0.3, 0.4) is 0 Å². The third-order valence-electron chi connectivity index (χ3n) is 2.04. The molecule has 0 aliphatic rings. The van der Waals surface area contributed by atoms with Gasteiger partial charge in [0.15, 0.2) is 5.65 Å².